The van der Waals surface area contributed by atoms with Crippen LogP contribution >= 0.6 is 0 Å². The minimum absolute atomic E-state index is 0.0552. The van der Waals surface area contributed by atoms with Gasteiger partial charge in [-0.3, -0.25) is 4.79 Å². The minimum atomic E-state index is -0.573. The summed E-state index contributed by atoms with van der Waals surface area (Å²) in [6, 6.07) is 8.74. The number of nitrogens with zero attached hydrogens (tertiary/aromatic N) is 3. The summed E-state index contributed by atoms with van der Waals surface area (Å²) in [4.78, 5) is 23.9. The van der Waals surface area contributed by atoms with Gasteiger partial charge in [0.2, 0.25) is 0 Å². The summed E-state index contributed by atoms with van der Waals surface area (Å²) in [6.07, 6.45) is 4.55. The van der Waals surface area contributed by atoms with Crippen molar-refractivity contribution in [1.82, 2.24) is 15.0 Å². The zero-order valence-electron chi connectivity index (χ0n) is 15.1. The Bertz CT molecular complexity index is 1050. The monoisotopic (exact) mass is 378 g/mol. The third kappa shape index (κ3) is 4.08. The number of aromatic amines is 1. The van der Waals surface area contributed by atoms with Crippen LogP contribution in [0.3, 0.4) is 0 Å². The number of methoxy groups -OCH3 is 1. The molecular weight excluding hydrogens is 360 g/mol. The lowest BCUT2D eigenvalue weighted by Crippen LogP contribution is -2.14. The molecule has 0 aliphatic heterocycles. The van der Waals surface area contributed by atoms with Gasteiger partial charge in [-0.05, 0) is 24.3 Å². The lowest BCUT2D eigenvalue weighted by molar-refractivity contribution is -0.112. The third-order valence-corrected chi connectivity index (χ3v) is 3.90. The number of amides is 1. The van der Waals surface area contributed by atoms with Gasteiger partial charge in [-0.2, -0.15) is 5.26 Å². The number of ether oxygens (including phenoxy) is 1. The van der Waals surface area contributed by atoms with E-state index in [0.29, 0.717) is 40.4 Å². The van der Waals surface area contributed by atoms with Crippen molar-refractivity contribution < 1.29 is 14.6 Å². The third-order valence-electron chi connectivity index (χ3n) is 3.90. The number of carbonyl (C=O) groups excluding carboxylic acids is 1. The van der Waals surface area contributed by atoms with Gasteiger partial charge in [-0.1, -0.05) is 0 Å². The van der Waals surface area contributed by atoms with E-state index in [2.05, 4.69) is 25.6 Å². The van der Waals surface area contributed by atoms with E-state index in [-0.39, 0.29) is 12.2 Å². The summed E-state index contributed by atoms with van der Waals surface area (Å²) in [6.45, 7) is 0.262. The number of anilines is 2. The van der Waals surface area contributed by atoms with E-state index in [1.54, 1.807) is 30.5 Å². The first-order valence-corrected chi connectivity index (χ1v) is 8.40. The molecule has 3 aromatic rings. The molecule has 1 amide bonds. The number of nitrogens with one attached hydrogen (secondary N) is 3. The molecule has 3 rings (SSSR count). The van der Waals surface area contributed by atoms with Gasteiger partial charge < -0.3 is 25.5 Å². The van der Waals surface area contributed by atoms with Gasteiger partial charge in [0, 0.05) is 29.9 Å². The topological polar surface area (TPSA) is 136 Å². The Balaban J connectivity index is 1.97. The normalized spacial score (nSPS) is 11.1. The SMILES string of the molecule is COc1cc2ncnc(NCCO)c2cc1NC(=O)C(C#N)=Cc1ccc[nH]1. The highest BCUT2D eigenvalue weighted by Gasteiger charge is 2.15. The maximum Gasteiger partial charge on any atom is 0.266 e. The Morgan fingerprint density at radius 1 is 1.43 bits per heavy atom. The van der Waals surface area contributed by atoms with Crippen molar-refractivity contribution in [2.75, 3.05) is 30.9 Å². The quantitative estimate of drug-likeness (QED) is 0.364. The largest absolute Gasteiger partial charge is 0.494 e. The number of carbonyl (C=O) groups is 1. The van der Waals surface area contributed by atoms with Crippen molar-refractivity contribution >= 4 is 34.4 Å². The molecule has 0 spiro atoms. The summed E-state index contributed by atoms with van der Waals surface area (Å²) >= 11 is 0. The highest BCUT2D eigenvalue weighted by Crippen LogP contribution is 2.32. The predicted octanol–water partition coefficient (Wildman–Crippen LogP) is 1.92. The maximum absolute atomic E-state index is 12.6. The Morgan fingerprint density at radius 3 is 2.96 bits per heavy atom. The summed E-state index contributed by atoms with van der Waals surface area (Å²) in [5, 5.41) is 24.7. The number of H-pyrrole nitrogens is 1. The van der Waals surface area contributed by atoms with Crippen molar-refractivity contribution in [3.8, 4) is 11.8 Å². The van der Waals surface area contributed by atoms with Crippen LogP contribution in [0.25, 0.3) is 17.0 Å². The predicted molar refractivity (Wildman–Crippen MR) is 105 cm³/mol. The molecule has 0 saturated carbocycles. The molecule has 2 heterocycles. The van der Waals surface area contributed by atoms with Crippen LogP contribution in [0.15, 0.2) is 42.4 Å². The Kier molecular flexibility index (Phi) is 5.84. The number of fused-ring (bicyclic) bond motifs is 1. The van der Waals surface area contributed by atoms with Crippen molar-refractivity contribution in [3.63, 3.8) is 0 Å². The molecule has 142 valence electrons. The number of benzene rings is 1. The lowest BCUT2D eigenvalue weighted by atomic mass is 10.1. The molecule has 9 heteroatoms. The fraction of sp³-hybridized carbons (Fsp3) is 0.158. The molecule has 0 saturated heterocycles. The highest BCUT2D eigenvalue weighted by molar-refractivity contribution is 6.11. The van der Waals surface area contributed by atoms with E-state index in [0.717, 1.165) is 0 Å². The van der Waals surface area contributed by atoms with Crippen LogP contribution in [-0.4, -0.2) is 46.2 Å². The van der Waals surface area contributed by atoms with Crippen LogP contribution in [0.2, 0.25) is 0 Å². The molecule has 0 fully saturated rings. The Hall–Kier alpha value is -3.90. The zero-order valence-corrected chi connectivity index (χ0v) is 15.1. The molecule has 0 aliphatic carbocycles. The summed E-state index contributed by atoms with van der Waals surface area (Å²) in [5.74, 6) is 0.334. The first-order valence-electron chi connectivity index (χ1n) is 8.40. The number of hydrogen-bond acceptors (Lipinski definition) is 7. The second-order valence-corrected chi connectivity index (χ2v) is 5.69. The smallest absolute Gasteiger partial charge is 0.266 e. The van der Waals surface area contributed by atoms with E-state index < -0.39 is 5.91 Å². The molecule has 0 aliphatic rings. The molecule has 28 heavy (non-hydrogen) atoms. The van der Waals surface area contributed by atoms with Crippen LogP contribution in [0, 0.1) is 11.3 Å². The van der Waals surface area contributed by atoms with Crippen molar-refractivity contribution in [3.05, 3.63) is 48.1 Å². The van der Waals surface area contributed by atoms with Gasteiger partial charge >= 0.3 is 0 Å². The number of hydrogen-bond donors (Lipinski definition) is 4. The minimum Gasteiger partial charge on any atom is -0.494 e. The highest BCUT2D eigenvalue weighted by atomic mass is 16.5. The van der Waals surface area contributed by atoms with Crippen LogP contribution in [0.1, 0.15) is 5.69 Å². The maximum atomic E-state index is 12.6. The molecule has 0 atom stereocenters. The molecule has 0 radical (unpaired) electrons. The molecule has 0 bridgehead atoms. The average molecular weight is 378 g/mol. The van der Waals surface area contributed by atoms with Crippen LogP contribution in [0.4, 0.5) is 11.5 Å². The summed E-state index contributed by atoms with van der Waals surface area (Å²) in [7, 11) is 1.48. The number of aliphatic hydroxyl groups is 1. The zero-order chi connectivity index (χ0) is 19.9. The Labute approximate surface area is 160 Å². The first kappa shape index (κ1) is 18.9. The van der Waals surface area contributed by atoms with E-state index in [9.17, 15) is 10.1 Å². The summed E-state index contributed by atoms with van der Waals surface area (Å²) in [5.41, 5.74) is 1.55. The van der Waals surface area contributed by atoms with Crippen molar-refractivity contribution in [2.24, 2.45) is 0 Å². The molecule has 2 aromatic heterocycles. The van der Waals surface area contributed by atoms with Crippen LogP contribution < -0.4 is 15.4 Å². The molecule has 1 aromatic carbocycles. The van der Waals surface area contributed by atoms with E-state index >= 15 is 0 Å². The number of nitriles is 1. The van der Waals surface area contributed by atoms with Gasteiger partial charge in [0.25, 0.3) is 5.91 Å². The Morgan fingerprint density at radius 2 is 2.29 bits per heavy atom. The van der Waals surface area contributed by atoms with E-state index in [1.807, 2.05) is 6.07 Å². The molecule has 4 N–H and O–H groups in total. The number of aromatic nitrogens is 3. The lowest BCUT2D eigenvalue weighted by Gasteiger charge is -2.13. The summed E-state index contributed by atoms with van der Waals surface area (Å²) < 4.78 is 5.35. The second kappa shape index (κ2) is 8.66. The van der Waals surface area contributed by atoms with Crippen LogP contribution in [0.5, 0.6) is 5.75 Å². The van der Waals surface area contributed by atoms with E-state index in [4.69, 9.17) is 9.84 Å². The van der Waals surface area contributed by atoms with Gasteiger partial charge in [0.05, 0.1) is 24.9 Å². The second-order valence-electron chi connectivity index (χ2n) is 5.69. The fourth-order valence-electron chi connectivity index (χ4n) is 2.59. The standard InChI is InChI=1S/C19H18N6O3/c1-28-17-9-15-14(18(22-5-6-26)24-11-23-15)8-16(17)25-19(27)12(10-20)7-13-3-2-4-21-13/h2-4,7-9,11,21,26H,5-6H2,1H3,(H,25,27)(H,22,23,24). The van der Waals surface area contributed by atoms with Gasteiger partial charge in [0.15, 0.2) is 0 Å². The number of rotatable bonds is 7. The first-order chi connectivity index (χ1) is 13.7. The van der Waals surface area contributed by atoms with E-state index in [1.165, 1.54) is 19.5 Å². The molecule has 0 unspecified atom stereocenters. The van der Waals surface area contributed by atoms with Gasteiger partial charge in [-0.15, -0.1) is 0 Å². The fourth-order valence-corrected chi connectivity index (χ4v) is 2.59. The number of aliphatic hydroxyl groups excluding tert-OH is 1. The van der Waals surface area contributed by atoms with Crippen molar-refractivity contribution in [1.29, 1.82) is 5.26 Å². The molecule has 9 nitrogen and oxygen atoms in total. The average Bonchev–Trinajstić information content (AvgIpc) is 3.23. The molecular formula is C19H18N6O3. The van der Waals surface area contributed by atoms with Gasteiger partial charge in [0.1, 0.15) is 29.5 Å². The van der Waals surface area contributed by atoms with Crippen LogP contribution in [-0.2, 0) is 4.79 Å². The van der Waals surface area contributed by atoms with Crippen molar-refractivity contribution in [2.45, 2.75) is 0 Å². The van der Waals surface area contributed by atoms with Gasteiger partial charge in [-0.25, -0.2) is 9.97 Å².